The summed E-state index contributed by atoms with van der Waals surface area (Å²) in [4.78, 5) is 5.30. The first-order chi connectivity index (χ1) is 9.78. The van der Waals surface area contributed by atoms with E-state index in [9.17, 15) is 0 Å². The summed E-state index contributed by atoms with van der Waals surface area (Å²) in [6, 6.07) is 1.35. The lowest BCUT2D eigenvalue weighted by atomic mass is 9.91. The summed E-state index contributed by atoms with van der Waals surface area (Å²) in [6.07, 6.45) is 8.12. The Balaban J connectivity index is 1.78. The number of nitrogens with zero attached hydrogens (tertiary/aromatic N) is 2. The lowest BCUT2D eigenvalue weighted by molar-refractivity contribution is 0.00531. The number of hydrogen-bond donors (Lipinski definition) is 1. The van der Waals surface area contributed by atoms with Gasteiger partial charge in [0.25, 0.3) is 0 Å². The molecule has 2 rings (SSSR count). The van der Waals surface area contributed by atoms with Crippen molar-refractivity contribution in [1.82, 2.24) is 9.80 Å². The van der Waals surface area contributed by atoms with E-state index < -0.39 is 0 Å². The lowest BCUT2D eigenvalue weighted by Crippen LogP contribution is -2.55. The number of piperazine rings is 1. The Kier molecular flexibility index (Phi) is 6.75. The highest BCUT2D eigenvalue weighted by Crippen LogP contribution is 2.26. The molecule has 3 atom stereocenters. The van der Waals surface area contributed by atoms with Gasteiger partial charge < -0.3 is 10.5 Å². The van der Waals surface area contributed by atoms with E-state index in [4.69, 9.17) is 10.5 Å². The lowest BCUT2D eigenvalue weighted by Gasteiger charge is -2.44. The molecule has 118 valence electrons. The molecule has 0 aromatic rings. The molecule has 1 heterocycles. The van der Waals surface area contributed by atoms with E-state index >= 15 is 0 Å². The fourth-order valence-corrected chi connectivity index (χ4v) is 3.92. The van der Waals surface area contributed by atoms with Crippen LogP contribution < -0.4 is 5.73 Å². The summed E-state index contributed by atoms with van der Waals surface area (Å²) in [7, 11) is 1.86. The molecule has 0 radical (unpaired) electrons. The number of hydrogen-bond acceptors (Lipinski definition) is 4. The maximum Gasteiger partial charge on any atom is 0.0586 e. The number of methoxy groups -OCH3 is 1. The van der Waals surface area contributed by atoms with Crippen LogP contribution >= 0.6 is 0 Å². The zero-order valence-electron chi connectivity index (χ0n) is 13.4. The first kappa shape index (κ1) is 16.2. The molecule has 0 aromatic heterocycles. The highest BCUT2D eigenvalue weighted by atomic mass is 16.5. The molecule has 1 saturated heterocycles. The molecule has 20 heavy (non-hydrogen) atoms. The van der Waals surface area contributed by atoms with Crippen molar-refractivity contribution >= 4 is 0 Å². The molecule has 2 N–H and O–H groups in total. The van der Waals surface area contributed by atoms with Crippen LogP contribution in [0.15, 0.2) is 0 Å². The van der Waals surface area contributed by atoms with E-state index in [2.05, 4.69) is 16.7 Å². The third-order valence-electron chi connectivity index (χ3n) is 5.21. The smallest absolute Gasteiger partial charge is 0.0586 e. The van der Waals surface area contributed by atoms with Gasteiger partial charge in [-0.1, -0.05) is 13.3 Å². The Bertz CT molecular complexity index is 266. The molecular formula is C16H33N3O. The van der Waals surface area contributed by atoms with Gasteiger partial charge in [-0.15, -0.1) is 0 Å². The third-order valence-corrected chi connectivity index (χ3v) is 5.21. The molecular weight excluding hydrogens is 250 g/mol. The van der Waals surface area contributed by atoms with Crippen LogP contribution in [-0.2, 0) is 4.74 Å². The van der Waals surface area contributed by atoms with Gasteiger partial charge in [0.05, 0.1) is 6.10 Å². The van der Waals surface area contributed by atoms with Crippen LogP contribution in [0.1, 0.15) is 45.4 Å². The zero-order chi connectivity index (χ0) is 14.4. The summed E-state index contributed by atoms with van der Waals surface area (Å²) in [5.41, 5.74) is 5.93. The molecule has 4 nitrogen and oxygen atoms in total. The molecule has 1 saturated carbocycles. The average Bonchev–Trinajstić information content (AvgIpc) is 2.53. The minimum Gasteiger partial charge on any atom is -0.381 e. The van der Waals surface area contributed by atoms with Gasteiger partial charge in [0, 0.05) is 51.9 Å². The van der Waals surface area contributed by atoms with Crippen molar-refractivity contribution in [2.45, 2.75) is 63.6 Å². The van der Waals surface area contributed by atoms with Crippen molar-refractivity contribution in [2.24, 2.45) is 5.73 Å². The Labute approximate surface area is 124 Å². The first-order valence-electron chi connectivity index (χ1n) is 8.49. The highest BCUT2D eigenvalue weighted by Gasteiger charge is 2.30. The first-order valence-corrected chi connectivity index (χ1v) is 8.49. The second-order valence-corrected chi connectivity index (χ2v) is 6.43. The average molecular weight is 283 g/mol. The fraction of sp³-hybridized carbons (Fsp3) is 1.00. The normalized spacial score (nSPS) is 31.4. The molecule has 0 bridgehead atoms. The van der Waals surface area contributed by atoms with E-state index in [1.165, 1.54) is 64.7 Å². The van der Waals surface area contributed by atoms with E-state index in [1.54, 1.807) is 0 Å². The molecule has 4 heteroatoms. The second-order valence-electron chi connectivity index (χ2n) is 6.43. The maximum absolute atomic E-state index is 5.93. The van der Waals surface area contributed by atoms with Crippen molar-refractivity contribution in [2.75, 3.05) is 39.8 Å². The fourth-order valence-electron chi connectivity index (χ4n) is 3.92. The van der Waals surface area contributed by atoms with Crippen molar-refractivity contribution in [3.05, 3.63) is 0 Å². The summed E-state index contributed by atoms with van der Waals surface area (Å²) in [5.74, 6) is 0. The predicted molar refractivity (Wildman–Crippen MR) is 83.9 cm³/mol. The maximum atomic E-state index is 5.93. The molecule has 0 spiro atoms. The highest BCUT2D eigenvalue weighted by molar-refractivity contribution is 4.86. The predicted octanol–water partition coefficient (Wildman–Crippen LogP) is 1.69. The number of ether oxygens (including phenoxy) is 1. The topological polar surface area (TPSA) is 41.7 Å². The van der Waals surface area contributed by atoms with Gasteiger partial charge in [-0.2, -0.15) is 0 Å². The largest absolute Gasteiger partial charge is 0.381 e. The Morgan fingerprint density at radius 1 is 1.20 bits per heavy atom. The van der Waals surface area contributed by atoms with Crippen LogP contribution in [0.3, 0.4) is 0 Å². The van der Waals surface area contributed by atoms with Gasteiger partial charge in [-0.25, -0.2) is 0 Å². The Morgan fingerprint density at radius 2 is 1.95 bits per heavy atom. The minimum atomic E-state index is 0.490. The van der Waals surface area contributed by atoms with Gasteiger partial charge in [0.2, 0.25) is 0 Å². The molecule has 2 aliphatic rings. The molecule has 0 aromatic carbocycles. The van der Waals surface area contributed by atoms with E-state index in [0.717, 1.165) is 12.6 Å². The summed E-state index contributed by atoms with van der Waals surface area (Å²) in [6.45, 7) is 7.86. The van der Waals surface area contributed by atoms with Crippen molar-refractivity contribution in [1.29, 1.82) is 0 Å². The number of nitrogens with two attached hydrogens (primary N) is 1. The zero-order valence-corrected chi connectivity index (χ0v) is 13.4. The van der Waals surface area contributed by atoms with Crippen molar-refractivity contribution < 1.29 is 4.74 Å². The Hall–Kier alpha value is -0.160. The molecule has 2 fully saturated rings. The molecule has 1 aliphatic heterocycles. The second kappa shape index (κ2) is 8.32. The van der Waals surface area contributed by atoms with Gasteiger partial charge in [-0.05, 0) is 32.1 Å². The van der Waals surface area contributed by atoms with Gasteiger partial charge in [-0.3, -0.25) is 9.80 Å². The number of rotatable bonds is 6. The van der Waals surface area contributed by atoms with E-state index in [1.807, 2.05) is 7.11 Å². The Morgan fingerprint density at radius 3 is 2.55 bits per heavy atom. The summed E-state index contributed by atoms with van der Waals surface area (Å²) in [5, 5.41) is 0. The SMILES string of the molecule is CCCC(CN)N1CCN(C2CCCC(OC)C2)CC1. The minimum absolute atomic E-state index is 0.490. The van der Waals surface area contributed by atoms with E-state index in [-0.39, 0.29) is 0 Å². The molecule has 3 unspecified atom stereocenters. The van der Waals surface area contributed by atoms with Crippen LogP contribution in [0.4, 0.5) is 0 Å². The molecule has 0 amide bonds. The van der Waals surface area contributed by atoms with Crippen LogP contribution in [-0.4, -0.2) is 67.8 Å². The third kappa shape index (κ3) is 4.17. The van der Waals surface area contributed by atoms with Crippen LogP contribution in [0.25, 0.3) is 0 Å². The van der Waals surface area contributed by atoms with Crippen LogP contribution in [0.5, 0.6) is 0 Å². The van der Waals surface area contributed by atoms with Crippen molar-refractivity contribution in [3.8, 4) is 0 Å². The van der Waals surface area contributed by atoms with Crippen molar-refractivity contribution in [3.63, 3.8) is 0 Å². The summed E-state index contributed by atoms with van der Waals surface area (Å²) >= 11 is 0. The quantitative estimate of drug-likeness (QED) is 0.805. The van der Waals surface area contributed by atoms with Crippen LogP contribution in [0.2, 0.25) is 0 Å². The van der Waals surface area contributed by atoms with E-state index in [0.29, 0.717) is 12.1 Å². The summed E-state index contributed by atoms with van der Waals surface area (Å²) < 4.78 is 5.57. The standard InChI is InChI=1S/C16H33N3O/c1-3-5-15(13-17)19-10-8-18(9-11-19)14-6-4-7-16(12-14)20-2/h14-16H,3-13,17H2,1-2H3. The molecule has 1 aliphatic carbocycles. The monoisotopic (exact) mass is 283 g/mol. The van der Waals surface area contributed by atoms with Crippen LogP contribution in [0, 0.1) is 0 Å². The van der Waals surface area contributed by atoms with Gasteiger partial charge in [0.1, 0.15) is 0 Å². The van der Waals surface area contributed by atoms with Gasteiger partial charge in [0.15, 0.2) is 0 Å². The van der Waals surface area contributed by atoms with Gasteiger partial charge >= 0.3 is 0 Å².